The summed E-state index contributed by atoms with van der Waals surface area (Å²) in [4.78, 5) is 14.7. The molecule has 3 aromatic heterocycles. The zero-order valence-corrected chi connectivity index (χ0v) is 13.6. The van der Waals surface area contributed by atoms with Crippen molar-refractivity contribution in [2.75, 3.05) is 19.6 Å². The lowest BCUT2D eigenvalue weighted by Gasteiger charge is -2.33. The van der Waals surface area contributed by atoms with Gasteiger partial charge in [0.1, 0.15) is 17.0 Å². The molecule has 1 fully saturated rings. The molecule has 0 bridgehead atoms. The summed E-state index contributed by atoms with van der Waals surface area (Å²) in [5.74, 6) is 0.927. The quantitative estimate of drug-likeness (QED) is 0.764. The lowest BCUT2D eigenvalue weighted by molar-refractivity contribution is 0.190. The van der Waals surface area contributed by atoms with Gasteiger partial charge >= 0.3 is 0 Å². The van der Waals surface area contributed by atoms with E-state index in [9.17, 15) is 0 Å². The van der Waals surface area contributed by atoms with Crippen molar-refractivity contribution in [2.24, 2.45) is 5.73 Å². The normalized spacial score (nSPS) is 16.8. The summed E-state index contributed by atoms with van der Waals surface area (Å²) in [7, 11) is 0. The van der Waals surface area contributed by atoms with Crippen molar-refractivity contribution in [1.29, 1.82) is 5.26 Å². The van der Waals surface area contributed by atoms with Gasteiger partial charge in [-0.15, -0.1) is 0 Å². The van der Waals surface area contributed by atoms with Crippen LogP contribution in [0.1, 0.15) is 31.1 Å². The topological polar surface area (TPSA) is 99.6 Å². The van der Waals surface area contributed by atoms with E-state index in [1.807, 2.05) is 12.4 Å². The number of hydrogen-bond donors (Lipinski definition) is 2. The number of nitriles is 1. The molecule has 4 rings (SSSR count). The summed E-state index contributed by atoms with van der Waals surface area (Å²) >= 11 is 0. The Hall–Kier alpha value is -2.43. The second-order valence-electron chi connectivity index (χ2n) is 6.32. The summed E-state index contributed by atoms with van der Waals surface area (Å²) < 4.78 is 2.33. The van der Waals surface area contributed by atoms with Gasteiger partial charge in [0.25, 0.3) is 0 Å². The number of aromatic amines is 1. The van der Waals surface area contributed by atoms with Crippen LogP contribution in [0.4, 0.5) is 0 Å². The molecule has 124 valence electrons. The van der Waals surface area contributed by atoms with Crippen molar-refractivity contribution < 1.29 is 0 Å². The van der Waals surface area contributed by atoms with E-state index in [1.165, 1.54) is 0 Å². The van der Waals surface area contributed by atoms with Gasteiger partial charge in [-0.05, 0) is 18.9 Å². The highest BCUT2D eigenvalue weighted by Crippen LogP contribution is 2.32. The molecule has 0 atom stereocenters. The van der Waals surface area contributed by atoms with Gasteiger partial charge in [-0.1, -0.05) is 0 Å². The molecular formula is C17H21N7. The van der Waals surface area contributed by atoms with Crippen LogP contribution in [0.2, 0.25) is 0 Å². The van der Waals surface area contributed by atoms with Gasteiger partial charge < -0.3 is 20.2 Å². The minimum atomic E-state index is 0.396. The average molecular weight is 323 g/mol. The molecule has 3 N–H and O–H groups in total. The number of rotatable bonds is 4. The van der Waals surface area contributed by atoms with Crippen molar-refractivity contribution in [1.82, 2.24) is 24.4 Å². The molecule has 0 amide bonds. The van der Waals surface area contributed by atoms with E-state index in [1.54, 1.807) is 0 Å². The van der Waals surface area contributed by atoms with Gasteiger partial charge in [-0.3, -0.25) is 0 Å². The van der Waals surface area contributed by atoms with Crippen molar-refractivity contribution in [3.8, 4) is 6.07 Å². The molecule has 1 aliphatic rings. The highest BCUT2D eigenvalue weighted by molar-refractivity contribution is 6.01. The van der Waals surface area contributed by atoms with Gasteiger partial charge in [0, 0.05) is 43.7 Å². The molecule has 0 aromatic carbocycles. The maximum absolute atomic E-state index is 8.75. The van der Waals surface area contributed by atoms with Gasteiger partial charge in [0.15, 0.2) is 0 Å². The Morgan fingerprint density at radius 2 is 2.21 bits per heavy atom. The Labute approximate surface area is 140 Å². The summed E-state index contributed by atoms with van der Waals surface area (Å²) in [6.45, 7) is 3.31. The summed E-state index contributed by atoms with van der Waals surface area (Å²) in [6, 6.07) is 4.69. The van der Waals surface area contributed by atoms with Crippen LogP contribution < -0.4 is 5.73 Å². The molecule has 0 unspecified atom stereocenters. The molecule has 0 saturated carbocycles. The van der Waals surface area contributed by atoms with E-state index >= 15 is 0 Å². The van der Waals surface area contributed by atoms with Crippen molar-refractivity contribution >= 4 is 22.1 Å². The predicted octanol–water partition coefficient (Wildman–Crippen LogP) is 1.92. The first kappa shape index (κ1) is 15.1. The van der Waals surface area contributed by atoms with Crippen LogP contribution in [0.25, 0.3) is 22.1 Å². The third-order valence-electron chi connectivity index (χ3n) is 4.95. The smallest absolute Gasteiger partial charge is 0.139 e. The number of piperidine rings is 1. The van der Waals surface area contributed by atoms with Gasteiger partial charge in [0.2, 0.25) is 0 Å². The molecular weight excluding hydrogens is 302 g/mol. The number of hydrogen-bond acceptors (Lipinski definition) is 5. The molecule has 4 heterocycles. The Morgan fingerprint density at radius 3 is 2.96 bits per heavy atom. The molecule has 0 radical (unpaired) electrons. The van der Waals surface area contributed by atoms with Crippen LogP contribution in [0, 0.1) is 11.3 Å². The second-order valence-corrected chi connectivity index (χ2v) is 6.32. The van der Waals surface area contributed by atoms with E-state index in [-0.39, 0.29) is 0 Å². The zero-order valence-electron chi connectivity index (χ0n) is 13.6. The first-order chi connectivity index (χ1) is 11.8. The molecule has 24 heavy (non-hydrogen) atoms. The van der Waals surface area contributed by atoms with Crippen molar-refractivity contribution in [2.45, 2.75) is 31.8 Å². The molecule has 1 aliphatic heterocycles. The fraction of sp³-hybridized carbons (Fsp3) is 0.471. The SMILES string of the molecule is N#CCCN1CCC(n2c(CN)nc3cnc4[nH]ccc4c32)CC1. The van der Waals surface area contributed by atoms with E-state index in [4.69, 9.17) is 16.0 Å². The van der Waals surface area contributed by atoms with Crippen LogP contribution in [0.15, 0.2) is 18.5 Å². The molecule has 0 spiro atoms. The Kier molecular flexibility index (Phi) is 3.92. The molecule has 0 aliphatic carbocycles. The van der Waals surface area contributed by atoms with Crippen molar-refractivity contribution in [3.05, 3.63) is 24.3 Å². The van der Waals surface area contributed by atoms with E-state index in [2.05, 4.69) is 31.6 Å². The standard InChI is InChI=1S/C17H21N7/c18-5-1-7-23-8-3-12(4-9-23)24-15(10-19)22-14-11-21-17-13(16(14)24)2-6-20-17/h2,6,11-12H,1,3-4,7-10,19H2,(H,20,21). The number of nitrogens with zero attached hydrogens (tertiary/aromatic N) is 5. The van der Waals surface area contributed by atoms with E-state index < -0.39 is 0 Å². The number of pyridine rings is 1. The number of likely N-dealkylation sites (tertiary alicyclic amines) is 1. The molecule has 1 saturated heterocycles. The minimum absolute atomic E-state index is 0.396. The predicted molar refractivity (Wildman–Crippen MR) is 92.2 cm³/mol. The number of nitrogens with two attached hydrogens (primary N) is 1. The second kappa shape index (κ2) is 6.23. The largest absolute Gasteiger partial charge is 0.346 e. The fourth-order valence-corrected chi connectivity index (χ4v) is 3.79. The maximum Gasteiger partial charge on any atom is 0.139 e. The average Bonchev–Trinajstić information content (AvgIpc) is 3.23. The third-order valence-corrected chi connectivity index (χ3v) is 4.95. The lowest BCUT2D eigenvalue weighted by atomic mass is 10.0. The van der Waals surface area contributed by atoms with Crippen LogP contribution >= 0.6 is 0 Å². The highest BCUT2D eigenvalue weighted by atomic mass is 15.2. The monoisotopic (exact) mass is 323 g/mol. The lowest BCUT2D eigenvalue weighted by Crippen LogP contribution is -2.35. The summed E-state index contributed by atoms with van der Waals surface area (Å²) in [5, 5.41) is 9.86. The van der Waals surface area contributed by atoms with E-state index in [0.29, 0.717) is 19.0 Å². The van der Waals surface area contributed by atoms with E-state index in [0.717, 1.165) is 60.4 Å². The van der Waals surface area contributed by atoms with Gasteiger partial charge in [0.05, 0.1) is 24.3 Å². The van der Waals surface area contributed by atoms with Crippen LogP contribution in [-0.2, 0) is 6.54 Å². The van der Waals surface area contributed by atoms with Gasteiger partial charge in [-0.25, -0.2) is 9.97 Å². The fourth-order valence-electron chi connectivity index (χ4n) is 3.79. The Balaban J connectivity index is 1.71. The number of aromatic nitrogens is 4. The number of H-pyrrole nitrogens is 1. The summed E-state index contributed by atoms with van der Waals surface area (Å²) in [6.07, 6.45) is 6.45. The molecule has 3 aromatic rings. The number of fused-ring (bicyclic) bond motifs is 3. The third kappa shape index (κ3) is 2.44. The maximum atomic E-state index is 8.75. The van der Waals surface area contributed by atoms with Crippen LogP contribution in [0.5, 0.6) is 0 Å². The zero-order chi connectivity index (χ0) is 16.5. The first-order valence-electron chi connectivity index (χ1n) is 8.44. The Morgan fingerprint density at radius 1 is 1.38 bits per heavy atom. The van der Waals surface area contributed by atoms with Crippen LogP contribution in [0.3, 0.4) is 0 Å². The summed E-state index contributed by atoms with van der Waals surface area (Å²) in [5.41, 5.74) is 8.91. The molecule has 7 nitrogen and oxygen atoms in total. The van der Waals surface area contributed by atoms with Crippen molar-refractivity contribution in [3.63, 3.8) is 0 Å². The first-order valence-corrected chi connectivity index (χ1v) is 8.44. The van der Waals surface area contributed by atoms with Gasteiger partial charge in [-0.2, -0.15) is 5.26 Å². The highest BCUT2D eigenvalue weighted by Gasteiger charge is 2.25. The Bertz CT molecular complexity index is 893. The van der Waals surface area contributed by atoms with Crippen LogP contribution in [-0.4, -0.2) is 44.1 Å². The number of nitrogens with one attached hydrogen (secondary N) is 1. The molecule has 7 heteroatoms. The minimum Gasteiger partial charge on any atom is -0.346 e. The number of imidazole rings is 1.